The van der Waals surface area contributed by atoms with Crippen LogP contribution < -0.4 is 0 Å². The molecule has 0 bridgehead atoms. The Morgan fingerprint density at radius 3 is 0.722 bits per heavy atom. The lowest BCUT2D eigenvalue weighted by molar-refractivity contribution is -0.128. The molecule has 0 unspecified atom stereocenters. The fourth-order valence-electron chi connectivity index (χ4n) is 2.03. The van der Waals surface area contributed by atoms with Crippen LogP contribution in [-0.2, 0) is 0 Å². The third kappa shape index (κ3) is 3.94. The Labute approximate surface area is 114 Å². The first kappa shape index (κ1) is 15.9. The van der Waals surface area contributed by atoms with Crippen LogP contribution in [0.2, 0.25) is 0 Å². The molecule has 1 saturated heterocycles. The van der Waals surface area contributed by atoms with E-state index in [1.54, 1.807) is 0 Å². The van der Waals surface area contributed by atoms with Gasteiger partial charge in [-0.3, -0.25) is 14.7 Å². The van der Waals surface area contributed by atoms with Crippen molar-refractivity contribution in [2.45, 2.75) is 78.9 Å². The zero-order valence-corrected chi connectivity index (χ0v) is 14.0. The summed E-state index contributed by atoms with van der Waals surface area (Å²) < 4.78 is 0. The van der Waals surface area contributed by atoms with E-state index >= 15 is 0 Å². The van der Waals surface area contributed by atoms with Crippen LogP contribution >= 0.6 is 0 Å². The minimum Gasteiger partial charge on any atom is -0.273 e. The molecule has 0 aromatic heterocycles. The standard InChI is InChI=1S/C15H33N3/c1-13(2,3)16-10-17(14(4,5)6)12-18(11-16)15(7,8)9/h10-12H2,1-9H3. The summed E-state index contributed by atoms with van der Waals surface area (Å²) >= 11 is 0. The molecule has 1 rings (SSSR count). The van der Waals surface area contributed by atoms with Crippen molar-refractivity contribution in [1.29, 1.82) is 0 Å². The Morgan fingerprint density at radius 1 is 0.444 bits per heavy atom. The molecule has 0 saturated carbocycles. The van der Waals surface area contributed by atoms with Crippen LogP contribution in [0.3, 0.4) is 0 Å². The van der Waals surface area contributed by atoms with Crippen LogP contribution in [0.25, 0.3) is 0 Å². The summed E-state index contributed by atoms with van der Waals surface area (Å²) in [6.07, 6.45) is 0. The van der Waals surface area contributed by atoms with Gasteiger partial charge in [-0.05, 0) is 62.3 Å². The molecule has 1 heterocycles. The van der Waals surface area contributed by atoms with Gasteiger partial charge >= 0.3 is 0 Å². The molecule has 108 valence electrons. The normalized spacial score (nSPS) is 22.5. The van der Waals surface area contributed by atoms with Crippen molar-refractivity contribution in [3.8, 4) is 0 Å². The highest BCUT2D eigenvalue weighted by Crippen LogP contribution is 2.27. The molecule has 1 fully saturated rings. The van der Waals surface area contributed by atoms with Gasteiger partial charge < -0.3 is 0 Å². The fraction of sp³-hybridized carbons (Fsp3) is 1.00. The minimum absolute atomic E-state index is 0.216. The molecular weight excluding hydrogens is 222 g/mol. The highest BCUT2D eigenvalue weighted by molar-refractivity contribution is 4.88. The Kier molecular flexibility index (Phi) is 4.22. The molecule has 0 amide bonds. The van der Waals surface area contributed by atoms with Crippen LogP contribution in [0.1, 0.15) is 62.3 Å². The number of hydrogen-bond acceptors (Lipinski definition) is 3. The molecule has 0 atom stereocenters. The highest BCUT2D eigenvalue weighted by atomic mass is 15.5. The second-order valence-corrected chi connectivity index (χ2v) is 8.56. The topological polar surface area (TPSA) is 9.72 Å². The largest absolute Gasteiger partial charge is 0.273 e. The summed E-state index contributed by atoms with van der Waals surface area (Å²) in [5.41, 5.74) is 0.647. The molecule has 3 nitrogen and oxygen atoms in total. The smallest absolute Gasteiger partial charge is 0.0540 e. The van der Waals surface area contributed by atoms with Crippen LogP contribution in [-0.4, -0.2) is 51.3 Å². The Hall–Kier alpha value is -0.120. The first-order chi connectivity index (χ1) is 7.82. The van der Waals surface area contributed by atoms with E-state index in [0.717, 1.165) is 20.0 Å². The molecule has 1 aliphatic heterocycles. The van der Waals surface area contributed by atoms with Gasteiger partial charge in [0.05, 0.1) is 20.0 Å². The van der Waals surface area contributed by atoms with Gasteiger partial charge in [0.25, 0.3) is 0 Å². The minimum atomic E-state index is 0.216. The van der Waals surface area contributed by atoms with Crippen LogP contribution in [0.4, 0.5) is 0 Å². The van der Waals surface area contributed by atoms with E-state index in [2.05, 4.69) is 77.0 Å². The summed E-state index contributed by atoms with van der Waals surface area (Å²) in [5.74, 6) is 0. The summed E-state index contributed by atoms with van der Waals surface area (Å²) in [6.45, 7) is 23.9. The Morgan fingerprint density at radius 2 is 0.611 bits per heavy atom. The number of rotatable bonds is 0. The maximum absolute atomic E-state index is 2.56. The highest BCUT2D eigenvalue weighted by Gasteiger charge is 2.38. The van der Waals surface area contributed by atoms with E-state index in [1.807, 2.05) is 0 Å². The number of hydrogen-bond donors (Lipinski definition) is 0. The molecule has 1 aliphatic rings. The lowest BCUT2D eigenvalue weighted by Crippen LogP contribution is -2.66. The SMILES string of the molecule is CC(C)(C)N1CN(C(C)(C)C)CN(C(C)(C)C)C1. The molecule has 3 heteroatoms. The van der Waals surface area contributed by atoms with Crippen molar-refractivity contribution in [2.75, 3.05) is 20.0 Å². The molecule has 0 radical (unpaired) electrons. The maximum atomic E-state index is 2.56. The zero-order valence-electron chi connectivity index (χ0n) is 14.0. The zero-order chi connectivity index (χ0) is 14.4. The van der Waals surface area contributed by atoms with Crippen molar-refractivity contribution < 1.29 is 0 Å². The van der Waals surface area contributed by atoms with Crippen LogP contribution in [0, 0.1) is 0 Å². The van der Waals surface area contributed by atoms with E-state index in [0.29, 0.717) is 0 Å². The van der Waals surface area contributed by atoms with Crippen molar-refractivity contribution in [3.05, 3.63) is 0 Å². The molecule has 0 aromatic carbocycles. The first-order valence-corrected chi connectivity index (χ1v) is 7.07. The Balaban J connectivity index is 2.93. The van der Waals surface area contributed by atoms with Gasteiger partial charge in [0.2, 0.25) is 0 Å². The molecule has 18 heavy (non-hydrogen) atoms. The van der Waals surface area contributed by atoms with Crippen LogP contribution in [0.5, 0.6) is 0 Å². The average Bonchev–Trinajstić information content (AvgIpc) is 2.13. The van der Waals surface area contributed by atoms with Gasteiger partial charge in [-0.1, -0.05) is 0 Å². The summed E-state index contributed by atoms with van der Waals surface area (Å²) in [5, 5.41) is 0. The maximum Gasteiger partial charge on any atom is 0.0540 e. The van der Waals surface area contributed by atoms with E-state index in [4.69, 9.17) is 0 Å². The van der Waals surface area contributed by atoms with Crippen LogP contribution in [0.15, 0.2) is 0 Å². The quantitative estimate of drug-likeness (QED) is 0.658. The number of nitrogens with zero attached hydrogens (tertiary/aromatic N) is 3. The van der Waals surface area contributed by atoms with E-state index < -0.39 is 0 Å². The average molecular weight is 255 g/mol. The molecule has 0 N–H and O–H groups in total. The lowest BCUT2D eigenvalue weighted by atomic mass is 10.0. The van der Waals surface area contributed by atoms with E-state index in [-0.39, 0.29) is 16.6 Å². The van der Waals surface area contributed by atoms with Crippen molar-refractivity contribution in [1.82, 2.24) is 14.7 Å². The predicted molar refractivity (Wildman–Crippen MR) is 79.4 cm³/mol. The summed E-state index contributed by atoms with van der Waals surface area (Å²) in [4.78, 5) is 7.69. The summed E-state index contributed by atoms with van der Waals surface area (Å²) in [7, 11) is 0. The molecular formula is C15H33N3. The molecule has 0 spiro atoms. The second kappa shape index (κ2) is 4.77. The van der Waals surface area contributed by atoms with Gasteiger partial charge in [0.1, 0.15) is 0 Å². The molecule has 0 aromatic rings. The second-order valence-electron chi connectivity index (χ2n) is 8.56. The van der Waals surface area contributed by atoms with Crippen molar-refractivity contribution >= 4 is 0 Å². The van der Waals surface area contributed by atoms with E-state index in [1.165, 1.54) is 0 Å². The van der Waals surface area contributed by atoms with E-state index in [9.17, 15) is 0 Å². The van der Waals surface area contributed by atoms with Gasteiger partial charge in [0.15, 0.2) is 0 Å². The van der Waals surface area contributed by atoms with Gasteiger partial charge in [-0.15, -0.1) is 0 Å². The fourth-order valence-corrected chi connectivity index (χ4v) is 2.03. The third-order valence-electron chi connectivity index (χ3n) is 3.87. The van der Waals surface area contributed by atoms with Crippen molar-refractivity contribution in [2.24, 2.45) is 0 Å². The molecule has 0 aliphatic carbocycles. The Bertz CT molecular complexity index is 224. The third-order valence-corrected chi connectivity index (χ3v) is 3.87. The van der Waals surface area contributed by atoms with Gasteiger partial charge in [0, 0.05) is 16.6 Å². The first-order valence-electron chi connectivity index (χ1n) is 7.07. The van der Waals surface area contributed by atoms with Gasteiger partial charge in [-0.2, -0.15) is 0 Å². The predicted octanol–water partition coefficient (Wildman–Crippen LogP) is 3.17. The monoisotopic (exact) mass is 255 g/mol. The summed E-state index contributed by atoms with van der Waals surface area (Å²) in [6, 6.07) is 0. The lowest BCUT2D eigenvalue weighted by Gasteiger charge is -2.54. The van der Waals surface area contributed by atoms with Gasteiger partial charge in [-0.25, -0.2) is 0 Å². The van der Waals surface area contributed by atoms with Crippen molar-refractivity contribution in [3.63, 3.8) is 0 Å².